The summed E-state index contributed by atoms with van der Waals surface area (Å²) in [5.41, 5.74) is -0.0594. The van der Waals surface area contributed by atoms with Gasteiger partial charge in [-0.1, -0.05) is 0 Å². The molecule has 4 rings (SSSR count). The van der Waals surface area contributed by atoms with Crippen LogP contribution in [0.3, 0.4) is 0 Å². The van der Waals surface area contributed by atoms with Crippen LogP contribution in [-0.2, 0) is 6.54 Å². The second-order valence-electron chi connectivity index (χ2n) is 5.28. The third kappa shape index (κ3) is 2.58. The van der Waals surface area contributed by atoms with Crippen LogP contribution in [0.1, 0.15) is 5.69 Å². The molecule has 0 N–H and O–H groups in total. The fraction of sp³-hybridized carbons (Fsp3) is 0.0667. The Bertz CT molecular complexity index is 1260. The van der Waals surface area contributed by atoms with Gasteiger partial charge in [-0.2, -0.15) is 0 Å². The van der Waals surface area contributed by atoms with Crippen molar-refractivity contribution in [2.24, 2.45) is 0 Å². The van der Waals surface area contributed by atoms with Gasteiger partial charge < -0.3 is 0 Å². The van der Waals surface area contributed by atoms with Crippen LogP contribution in [0.5, 0.6) is 0 Å². The van der Waals surface area contributed by atoms with Crippen molar-refractivity contribution >= 4 is 32.9 Å². The topological polar surface area (TPSA) is 112 Å². The molecule has 9 nitrogen and oxygen atoms in total. The van der Waals surface area contributed by atoms with Crippen LogP contribution in [0, 0.1) is 10.1 Å². The maximum Gasteiger partial charge on any atom is 0.270 e. The van der Waals surface area contributed by atoms with E-state index < -0.39 is 10.5 Å². The Morgan fingerprint density at radius 2 is 2.08 bits per heavy atom. The lowest BCUT2D eigenvalue weighted by Crippen LogP contribution is -2.23. The Balaban J connectivity index is 1.82. The predicted molar refractivity (Wildman–Crippen MR) is 91.1 cm³/mol. The molecule has 0 unspecified atom stereocenters. The lowest BCUT2D eigenvalue weighted by molar-refractivity contribution is -0.384. The number of rotatable bonds is 3. The van der Waals surface area contributed by atoms with Gasteiger partial charge in [-0.15, -0.1) is 11.3 Å². The van der Waals surface area contributed by atoms with Gasteiger partial charge in [-0.3, -0.25) is 28.7 Å². The van der Waals surface area contributed by atoms with Crippen LogP contribution in [-0.4, -0.2) is 23.9 Å². The molecule has 1 aromatic carbocycles. The summed E-state index contributed by atoms with van der Waals surface area (Å²) in [7, 11) is 0. The van der Waals surface area contributed by atoms with Gasteiger partial charge in [0.15, 0.2) is 4.96 Å². The molecular weight excluding hydrogens is 346 g/mol. The molecule has 4 aromatic rings. The average molecular weight is 355 g/mol. The van der Waals surface area contributed by atoms with E-state index in [1.54, 1.807) is 11.6 Å². The van der Waals surface area contributed by atoms with E-state index in [0.29, 0.717) is 16.2 Å². The van der Waals surface area contributed by atoms with E-state index in [1.807, 2.05) is 0 Å². The summed E-state index contributed by atoms with van der Waals surface area (Å²) in [4.78, 5) is 44.0. The van der Waals surface area contributed by atoms with Crippen LogP contribution < -0.4 is 11.1 Å². The van der Waals surface area contributed by atoms with Gasteiger partial charge in [0, 0.05) is 29.8 Å². The second-order valence-corrected chi connectivity index (χ2v) is 6.15. The van der Waals surface area contributed by atoms with E-state index >= 15 is 0 Å². The first-order chi connectivity index (χ1) is 12.0. The molecule has 0 radical (unpaired) electrons. The zero-order chi connectivity index (χ0) is 17.6. The monoisotopic (exact) mass is 355 g/mol. The molecule has 0 aliphatic rings. The van der Waals surface area contributed by atoms with Gasteiger partial charge in [0.25, 0.3) is 16.8 Å². The van der Waals surface area contributed by atoms with Crippen molar-refractivity contribution in [3.05, 3.63) is 78.7 Å². The Morgan fingerprint density at radius 3 is 2.88 bits per heavy atom. The second kappa shape index (κ2) is 5.60. The zero-order valence-corrected chi connectivity index (χ0v) is 13.3. The van der Waals surface area contributed by atoms with Crippen molar-refractivity contribution in [3.8, 4) is 0 Å². The molecule has 0 saturated carbocycles. The minimum absolute atomic E-state index is 0.0497. The first kappa shape index (κ1) is 15.1. The molecule has 3 aromatic heterocycles. The van der Waals surface area contributed by atoms with Crippen LogP contribution in [0.25, 0.3) is 15.9 Å². The predicted octanol–water partition coefficient (Wildman–Crippen LogP) is 1.42. The number of hydrogen-bond donors (Lipinski definition) is 0. The molecule has 0 aliphatic carbocycles. The molecule has 0 bridgehead atoms. The van der Waals surface area contributed by atoms with Crippen LogP contribution in [0.15, 0.2) is 51.8 Å². The van der Waals surface area contributed by atoms with E-state index in [4.69, 9.17) is 0 Å². The number of nitro benzene ring substituents is 1. The van der Waals surface area contributed by atoms with Crippen LogP contribution in [0.4, 0.5) is 5.69 Å². The zero-order valence-electron chi connectivity index (χ0n) is 12.5. The van der Waals surface area contributed by atoms with E-state index in [2.05, 4.69) is 9.97 Å². The van der Waals surface area contributed by atoms with Gasteiger partial charge in [-0.05, 0) is 6.07 Å². The van der Waals surface area contributed by atoms with E-state index in [9.17, 15) is 19.7 Å². The van der Waals surface area contributed by atoms with Gasteiger partial charge in [0.2, 0.25) is 0 Å². The Morgan fingerprint density at radius 1 is 1.24 bits per heavy atom. The highest BCUT2D eigenvalue weighted by atomic mass is 32.1. The number of hydrogen-bond acceptors (Lipinski definition) is 7. The maximum absolute atomic E-state index is 12.6. The highest BCUT2D eigenvalue weighted by Crippen LogP contribution is 2.16. The fourth-order valence-corrected chi connectivity index (χ4v) is 3.26. The number of nitrogens with zero attached hydrogens (tertiary/aromatic N) is 5. The van der Waals surface area contributed by atoms with Gasteiger partial charge in [0.05, 0.1) is 34.4 Å². The number of fused-ring (bicyclic) bond motifs is 2. The van der Waals surface area contributed by atoms with E-state index in [1.165, 1.54) is 50.9 Å². The van der Waals surface area contributed by atoms with Gasteiger partial charge in [0.1, 0.15) is 0 Å². The third-order valence-corrected chi connectivity index (χ3v) is 4.46. The molecule has 0 amide bonds. The largest absolute Gasteiger partial charge is 0.293 e. The smallest absolute Gasteiger partial charge is 0.270 e. The van der Waals surface area contributed by atoms with Crippen molar-refractivity contribution in [2.75, 3.05) is 0 Å². The molecule has 0 saturated heterocycles. The molecule has 0 atom stereocenters. The normalized spacial score (nSPS) is 11.2. The molecule has 3 heterocycles. The lowest BCUT2D eigenvalue weighted by Gasteiger charge is -2.06. The average Bonchev–Trinajstić information content (AvgIpc) is 3.06. The Labute approximate surface area is 142 Å². The van der Waals surface area contributed by atoms with Crippen molar-refractivity contribution < 1.29 is 4.92 Å². The van der Waals surface area contributed by atoms with E-state index in [0.717, 1.165) is 0 Å². The molecular formula is C15H9N5O4S. The summed E-state index contributed by atoms with van der Waals surface area (Å²) < 4.78 is 2.69. The number of benzene rings is 1. The molecule has 0 spiro atoms. The van der Waals surface area contributed by atoms with Crippen LogP contribution >= 0.6 is 11.3 Å². The molecule has 10 heteroatoms. The van der Waals surface area contributed by atoms with Crippen molar-refractivity contribution in [3.63, 3.8) is 0 Å². The van der Waals surface area contributed by atoms with Crippen molar-refractivity contribution in [1.82, 2.24) is 18.9 Å². The minimum Gasteiger partial charge on any atom is -0.293 e. The standard InChI is InChI=1S/C15H9N5O4S/c21-13-5-9(17-15-19(13)3-4-25-15)7-18-8-16-12-2-1-10(20(23)24)6-11(12)14(18)22/h1-6,8H,7H2. The number of thiazole rings is 1. The SMILES string of the molecule is O=c1c2cc([N+](=O)[O-])ccc2ncn1Cc1cc(=O)n2ccsc2n1. The summed E-state index contributed by atoms with van der Waals surface area (Å²) >= 11 is 1.31. The highest BCUT2D eigenvalue weighted by Gasteiger charge is 2.12. The van der Waals surface area contributed by atoms with Gasteiger partial charge in [-0.25, -0.2) is 9.97 Å². The molecule has 0 fully saturated rings. The van der Waals surface area contributed by atoms with E-state index in [-0.39, 0.29) is 23.2 Å². The third-order valence-electron chi connectivity index (χ3n) is 3.71. The Hall–Kier alpha value is -3.40. The molecule has 0 aliphatic heterocycles. The first-order valence-electron chi connectivity index (χ1n) is 7.12. The summed E-state index contributed by atoms with van der Waals surface area (Å²) in [5.74, 6) is 0. The summed E-state index contributed by atoms with van der Waals surface area (Å²) in [5, 5.41) is 12.8. The number of aromatic nitrogens is 4. The first-order valence-corrected chi connectivity index (χ1v) is 8.00. The number of non-ortho nitro benzene ring substituents is 1. The maximum atomic E-state index is 12.6. The summed E-state index contributed by atoms with van der Waals surface area (Å²) in [6.45, 7) is 0.0497. The summed E-state index contributed by atoms with van der Waals surface area (Å²) in [6.07, 6.45) is 2.97. The van der Waals surface area contributed by atoms with Gasteiger partial charge >= 0.3 is 0 Å². The van der Waals surface area contributed by atoms with Crippen molar-refractivity contribution in [1.29, 1.82) is 0 Å². The molecule has 124 valence electrons. The summed E-state index contributed by atoms with van der Waals surface area (Å²) in [6, 6.07) is 5.28. The molecule has 25 heavy (non-hydrogen) atoms. The minimum atomic E-state index is -0.566. The lowest BCUT2D eigenvalue weighted by atomic mass is 10.2. The quantitative estimate of drug-likeness (QED) is 0.406. The fourth-order valence-electron chi connectivity index (χ4n) is 2.52. The van der Waals surface area contributed by atoms with Crippen LogP contribution in [0.2, 0.25) is 0 Å². The van der Waals surface area contributed by atoms with Crippen molar-refractivity contribution in [2.45, 2.75) is 6.54 Å². The Kier molecular flexibility index (Phi) is 3.39. The number of nitro groups is 1. The highest BCUT2D eigenvalue weighted by molar-refractivity contribution is 7.15.